The van der Waals surface area contributed by atoms with E-state index in [1.54, 1.807) is 18.2 Å². The van der Waals surface area contributed by atoms with Gasteiger partial charge in [-0.05, 0) is 29.8 Å². The molecule has 0 aliphatic carbocycles. The normalized spacial score (nSPS) is 15.3. The van der Waals surface area contributed by atoms with E-state index >= 15 is 0 Å². The smallest absolute Gasteiger partial charge is 0.339 e. The van der Waals surface area contributed by atoms with Crippen molar-refractivity contribution in [3.05, 3.63) is 59.9 Å². The highest BCUT2D eigenvalue weighted by Crippen LogP contribution is 2.33. The average molecular weight is 463 g/mol. The monoisotopic (exact) mass is 462 g/mol. The van der Waals surface area contributed by atoms with Crippen LogP contribution in [0.2, 0.25) is 0 Å². The predicted molar refractivity (Wildman–Crippen MR) is 128 cm³/mol. The number of anilines is 4. The number of carbonyl (C=O) groups is 1. The summed E-state index contributed by atoms with van der Waals surface area (Å²) in [6.45, 7) is 4.41. The van der Waals surface area contributed by atoms with E-state index in [2.05, 4.69) is 31.2 Å². The number of nitrogens with one attached hydrogen (secondary N) is 1. The number of hydrogen-bond donors (Lipinski definition) is 2. The number of nitrogen functional groups attached to an aromatic ring is 1. The second-order valence-corrected chi connectivity index (χ2v) is 8.07. The van der Waals surface area contributed by atoms with Gasteiger partial charge in [0.1, 0.15) is 12.0 Å². The zero-order valence-corrected chi connectivity index (χ0v) is 18.9. The Bertz CT molecular complexity index is 1200. The van der Waals surface area contributed by atoms with E-state index in [0.717, 1.165) is 44.2 Å². The topological polar surface area (TPSA) is 115 Å². The Balaban J connectivity index is 1.25. The van der Waals surface area contributed by atoms with Gasteiger partial charge in [0, 0.05) is 32.7 Å². The molecule has 0 saturated carbocycles. The number of nitrogens with zero attached hydrogens (tertiary/aromatic N) is 4. The van der Waals surface area contributed by atoms with E-state index in [1.807, 2.05) is 18.2 Å². The first-order valence-electron chi connectivity index (χ1n) is 11.0. The molecule has 0 bridgehead atoms. The summed E-state index contributed by atoms with van der Waals surface area (Å²) in [7, 11) is 1.35. The van der Waals surface area contributed by atoms with Crippen LogP contribution in [0.5, 0.6) is 11.5 Å². The van der Waals surface area contributed by atoms with E-state index in [4.69, 9.17) is 19.9 Å². The van der Waals surface area contributed by atoms with Gasteiger partial charge < -0.3 is 30.2 Å². The van der Waals surface area contributed by atoms with Gasteiger partial charge in [0.2, 0.25) is 6.79 Å². The minimum absolute atomic E-state index is 0.281. The van der Waals surface area contributed by atoms with Crippen molar-refractivity contribution in [2.24, 2.45) is 0 Å². The molecule has 1 aromatic heterocycles. The first-order valence-corrected chi connectivity index (χ1v) is 11.0. The van der Waals surface area contributed by atoms with Crippen LogP contribution in [-0.2, 0) is 11.3 Å². The highest BCUT2D eigenvalue weighted by Gasteiger charge is 2.23. The van der Waals surface area contributed by atoms with E-state index in [9.17, 15) is 4.79 Å². The summed E-state index contributed by atoms with van der Waals surface area (Å²) in [5.74, 6) is 2.29. The quantitative estimate of drug-likeness (QED) is 0.530. The molecule has 5 rings (SSSR count). The molecule has 0 atom stereocenters. The molecule has 0 unspecified atom stereocenters. The maximum atomic E-state index is 12.1. The largest absolute Gasteiger partial charge is 0.465 e. The van der Waals surface area contributed by atoms with Crippen LogP contribution < -0.4 is 25.4 Å². The number of hydrogen-bond acceptors (Lipinski definition) is 10. The van der Waals surface area contributed by atoms with E-state index in [0.29, 0.717) is 28.6 Å². The predicted octanol–water partition coefficient (Wildman–Crippen LogP) is 2.64. The molecule has 1 fully saturated rings. The Morgan fingerprint density at radius 2 is 1.88 bits per heavy atom. The number of methoxy groups -OCH3 is 1. The van der Waals surface area contributed by atoms with Crippen molar-refractivity contribution in [1.29, 1.82) is 0 Å². The number of benzene rings is 2. The second-order valence-electron chi connectivity index (χ2n) is 8.07. The molecule has 34 heavy (non-hydrogen) atoms. The molecule has 2 aromatic carbocycles. The van der Waals surface area contributed by atoms with Crippen molar-refractivity contribution in [3.63, 3.8) is 0 Å². The molecule has 3 heterocycles. The lowest BCUT2D eigenvalue weighted by Crippen LogP contribution is -2.46. The van der Waals surface area contributed by atoms with Crippen LogP contribution in [0, 0.1) is 0 Å². The van der Waals surface area contributed by atoms with Gasteiger partial charge in [0.25, 0.3) is 0 Å². The summed E-state index contributed by atoms with van der Waals surface area (Å²) < 4.78 is 15.8. The summed E-state index contributed by atoms with van der Waals surface area (Å²) >= 11 is 0. The summed E-state index contributed by atoms with van der Waals surface area (Å²) in [5.41, 5.74) is 9.05. The molecule has 3 aromatic rings. The van der Waals surface area contributed by atoms with E-state index in [-0.39, 0.29) is 6.79 Å². The number of carbonyl (C=O) groups excluding carboxylic acids is 1. The maximum absolute atomic E-state index is 12.1. The summed E-state index contributed by atoms with van der Waals surface area (Å²) in [6.07, 6.45) is 1.48. The highest BCUT2D eigenvalue weighted by molar-refractivity contribution is 5.97. The molecular weight excluding hydrogens is 436 g/mol. The molecular formula is C24H26N6O4. The van der Waals surface area contributed by atoms with Crippen LogP contribution in [0.4, 0.5) is 23.0 Å². The fourth-order valence-electron chi connectivity index (χ4n) is 4.16. The third kappa shape index (κ3) is 4.40. The number of aromatic nitrogens is 2. The number of rotatable bonds is 6. The van der Waals surface area contributed by atoms with Gasteiger partial charge in [-0.15, -0.1) is 0 Å². The van der Waals surface area contributed by atoms with Gasteiger partial charge in [-0.1, -0.05) is 18.2 Å². The number of esters is 1. The van der Waals surface area contributed by atoms with Crippen molar-refractivity contribution in [3.8, 4) is 11.5 Å². The number of nitrogens with two attached hydrogens (primary N) is 1. The second kappa shape index (κ2) is 9.44. The summed E-state index contributed by atoms with van der Waals surface area (Å²) in [5, 5.41) is 3.16. The van der Waals surface area contributed by atoms with Crippen molar-refractivity contribution in [1.82, 2.24) is 14.9 Å². The lowest BCUT2D eigenvalue weighted by atomic mass is 10.1. The first kappa shape index (κ1) is 21.8. The van der Waals surface area contributed by atoms with Gasteiger partial charge in [0.05, 0.1) is 18.4 Å². The van der Waals surface area contributed by atoms with Gasteiger partial charge in [-0.2, -0.15) is 0 Å². The summed E-state index contributed by atoms with van der Waals surface area (Å²) in [6, 6.07) is 13.1. The molecule has 0 spiro atoms. The molecule has 1 saturated heterocycles. The fraction of sp³-hybridized carbons (Fsp3) is 0.292. The van der Waals surface area contributed by atoms with E-state index < -0.39 is 5.97 Å². The summed E-state index contributed by atoms with van der Waals surface area (Å²) in [4.78, 5) is 25.4. The van der Waals surface area contributed by atoms with Crippen molar-refractivity contribution in [2.75, 3.05) is 56.0 Å². The molecule has 176 valence electrons. The maximum Gasteiger partial charge on any atom is 0.339 e. The minimum Gasteiger partial charge on any atom is -0.465 e. The Morgan fingerprint density at radius 1 is 1.09 bits per heavy atom. The molecule has 3 N–H and O–H groups in total. The van der Waals surface area contributed by atoms with Crippen LogP contribution in [-0.4, -0.2) is 60.9 Å². The Kier molecular flexibility index (Phi) is 6.05. The minimum atomic E-state index is -0.436. The zero-order chi connectivity index (χ0) is 23.5. The third-order valence-electron chi connectivity index (χ3n) is 5.96. The standard InChI is InChI=1S/C24H26N6O4/c1-32-24(31)17-4-2-3-5-18(17)28-22-21(25)23(27-14-26-22)30-10-8-29(9-11-30)13-16-6-7-19-20(12-16)34-15-33-19/h2-7,12,14H,8-11,13,15,25H2,1H3,(H,26,27,28). The van der Waals surface area contributed by atoms with E-state index in [1.165, 1.54) is 19.0 Å². The fourth-order valence-corrected chi connectivity index (χ4v) is 4.16. The first-order chi connectivity index (χ1) is 16.6. The van der Waals surface area contributed by atoms with Gasteiger partial charge >= 0.3 is 5.97 Å². The SMILES string of the molecule is COC(=O)c1ccccc1Nc1ncnc(N2CCN(Cc3ccc4c(c3)OCO4)CC2)c1N. The van der Waals surface area contributed by atoms with Gasteiger partial charge in [-0.25, -0.2) is 14.8 Å². The van der Waals surface area contributed by atoms with Crippen LogP contribution >= 0.6 is 0 Å². The van der Waals surface area contributed by atoms with Gasteiger partial charge in [0.15, 0.2) is 23.1 Å². The number of fused-ring (bicyclic) bond motifs is 1. The Morgan fingerprint density at radius 3 is 2.71 bits per heavy atom. The van der Waals surface area contributed by atoms with Crippen LogP contribution in [0.3, 0.4) is 0 Å². The van der Waals surface area contributed by atoms with Gasteiger partial charge in [-0.3, -0.25) is 4.90 Å². The number of piperazine rings is 1. The molecule has 2 aliphatic heterocycles. The van der Waals surface area contributed by atoms with Crippen molar-refractivity contribution in [2.45, 2.75) is 6.54 Å². The van der Waals surface area contributed by atoms with Crippen LogP contribution in [0.25, 0.3) is 0 Å². The molecule has 0 amide bonds. The molecule has 10 heteroatoms. The van der Waals surface area contributed by atoms with Crippen molar-refractivity contribution < 1.29 is 19.0 Å². The third-order valence-corrected chi connectivity index (χ3v) is 5.96. The molecule has 0 radical (unpaired) electrons. The highest BCUT2D eigenvalue weighted by atomic mass is 16.7. The van der Waals surface area contributed by atoms with Crippen LogP contribution in [0.15, 0.2) is 48.8 Å². The Hall–Kier alpha value is -4.05. The zero-order valence-electron chi connectivity index (χ0n) is 18.9. The Labute approximate surface area is 197 Å². The number of ether oxygens (including phenoxy) is 3. The number of para-hydroxylation sites is 1. The lowest BCUT2D eigenvalue weighted by molar-refractivity contribution is 0.0602. The lowest BCUT2D eigenvalue weighted by Gasteiger charge is -2.36. The molecule has 10 nitrogen and oxygen atoms in total. The molecule has 2 aliphatic rings. The van der Waals surface area contributed by atoms with Crippen molar-refractivity contribution >= 4 is 29.0 Å². The van der Waals surface area contributed by atoms with Crippen LogP contribution in [0.1, 0.15) is 15.9 Å². The average Bonchev–Trinajstić information content (AvgIpc) is 3.34.